The van der Waals surface area contributed by atoms with Crippen molar-refractivity contribution in [1.82, 2.24) is 5.32 Å². The van der Waals surface area contributed by atoms with E-state index in [9.17, 15) is 4.79 Å². The van der Waals surface area contributed by atoms with Gasteiger partial charge in [-0.1, -0.05) is 0 Å². The van der Waals surface area contributed by atoms with Crippen LogP contribution in [0, 0.1) is 0 Å². The second kappa shape index (κ2) is 5.95. The van der Waals surface area contributed by atoms with E-state index in [0.717, 1.165) is 0 Å². The highest BCUT2D eigenvalue weighted by Gasteiger charge is 2.20. The minimum atomic E-state index is -0.593. The summed E-state index contributed by atoms with van der Waals surface area (Å²) >= 11 is 0. The maximum Gasteiger partial charge on any atom is 0.223 e. The summed E-state index contributed by atoms with van der Waals surface area (Å²) in [5, 5.41) is 11.6. The largest absolute Gasteiger partial charge is 0.394 e. The maximum atomic E-state index is 11.4. The predicted octanol–water partition coefficient (Wildman–Crippen LogP) is -0.763. The number of aliphatic hydroxyl groups excluding tert-OH is 1. The fraction of sp³-hybridized carbons (Fsp3) is 0.889. The van der Waals surface area contributed by atoms with Crippen LogP contribution in [-0.2, 0) is 9.53 Å². The van der Waals surface area contributed by atoms with Crippen LogP contribution in [0.2, 0.25) is 0 Å². The predicted molar refractivity (Wildman–Crippen MR) is 53.8 cm³/mol. The zero-order valence-corrected chi connectivity index (χ0v) is 9.04. The number of nitrogens with two attached hydrogens (primary N) is 1. The van der Waals surface area contributed by atoms with Crippen LogP contribution in [0.3, 0.4) is 0 Å². The molecule has 0 aliphatic rings. The molecule has 0 aliphatic carbocycles. The van der Waals surface area contributed by atoms with Gasteiger partial charge in [0, 0.05) is 13.7 Å². The number of carbonyl (C=O) groups excluding carboxylic acids is 1. The average molecular weight is 204 g/mol. The molecule has 14 heavy (non-hydrogen) atoms. The third kappa shape index (κ3) is 5.16. The lowest BCUT2D eigenvalue weighted by Gasteiger charge is -2.24. The molecular weight excluding hydrogens is 184 g/mol. The van der Waals surface area contributed by atoms with Gasteiger partial charge in [0.15, 0.2) is 0 Å². The van der Waals surface area contributed by atoms with Crippen molar-refractivity contribution in [2.45, 2.75) is 31.9 Å². The topological polar surface area (TPSA) is 84.6 Å². The molecule has 0 aromatic rings. The number of methoxy groups -OCH3 is 1. The highest BCUT2D eigenvalue weighted by Crippen LogP contribution is 2.02. The molecule has 4 N–H and O–H groups in total. The molecule has 0 fully saturated rings. The number of aliphatic hydroxyl groups is 1. The first-order valence-corrected chi connectivity index (χ1v) is 4.60. The summed E-state index contributed by atoms with van der Waals surface area (Å²) < 4.78 is 4.97. The Morgan fingerprint density at radius 2 is 2.21 bits per heavy atom. The molecule has 0 aliphatic heterocycles. The zero-order chi connectivity index (χ0) is 11.2. The van der Waals surface area contributed by atoms with Crippen LogP contribution in [0.15, 0.2) is 0 Å². The molecule has 0 saturated heterocycles. The van der Waals surface area contributed by atoms with Crippen LogP contribution >= 0.6 is 0 Å². The van der Waals surface area contributed by atoms with Crippen molar-refractivity contribution in [2.24, 2.45) is 5.73 Å². The first kappa shape index (κ1) is 13.4. The fourth-order valence-electron chi connectivity index (χ4n) is 0.938. The molecule has 1 unspecified atom stereocenters. The molecule has 0 radical (unpaired) electrons. The van der Waals surface area contributed by atoms with Crippen molar-refractivity contribution >= 4 is 5.91 Å². The van der Waals surface area contributed by atoms with Gasteiger partial charge in [-0.3, -0.25) is 4.79 Å². The van der Waals surface area contributed by atoms with Crippen LogP contribution in [0.4, 0.5) is 0 Å². The van der Waals surface area contributed by atoms with Gasteiger partial charge in [-0.05, 0) is 13.8 Å². The van der Waals surface area contributed by atoms with Gasteiger partial charge in [0.2, 0.25) is 5.91 Å². The quantitative estimate of drug-likeness (QED) is 0.531. The summed E-state index contributed by atoms with van der Waals surface area (Å²) in [7, 11) is 1.52. The van der Waals surface area contributed by atoms with Gasteiger partial charge in [0.05, 0.1) is 24.7 Å². The second-order valence-corrected chi connectivity index (χ2v) is 3.89. The van der Waals surface area contributed by atoms with Crippen LogP contribution in [-0.4, -0.2) is 42.9 Å². The zero-order valence-electron chi connectivity index (χ0n) is 9.04. The van der Waals surface area contributed by atoms with Crippen LogP contribution < -0.4 is 11.1 Å². The second-order valence-electron chi connectivity index (χ2n) is 3.89. The summed E-state index contributed by atoms with van der Waals surface area (Å²) in [4.78, 5) is 11.4. The minimum Gasteiger partial charge on any atom is -0.394 e. The smallest absolute Gasteiger partial charge is 0.223 e. The molecule has 5 heteroatoms. The van der Waals surface area contributed by atoms with Gasteiger partial charge in [-0.15, -0.1) is 0 Å². The van der Waals surface area contributed by atoms with E-state index in [0.29, 0.717) is 6.54 Å². The summed E-state index contributed by atoms with van der Waals surface area (Å²) in [6.45, 7) is 3.70. The fourth-order valence-corrected chi connectivity index (χ4v) is 0.938. The van der Waals surface area contributed by atoms with Crippen molar-refractivity contribution in [2.75, 3.05) is 20.3 Å². The summed E-state index contributed by atoms with van der Waals surface area (Å²) in [6, 6.07) is 0. The van der Waals surface area contributed by atoms with Gasteiger partial charge in [-0.2, -0.15) is 0 Å². The number of hydrogen-bond donors (Lipinski definition) is 3. The molecule has 84 valence electrons. The standard InChI is InChI=1S/C9H20N2O3/c1-9(2,6-12)11-8(13)4-7(5-10)14-3/h7,12H,4-6,10H2,1-3H3,(H,11,13). The van der Waals surface area contributed by atoms with Gasteiger partial charge in [-0.25, -0.2) is 0 Å². The Morgan fingerprint density at radius 3 is 2.57 bits per heavy atom. The molecule has 0 rings (SSSR count). The Kier molecular flexibility index (Phi) is 5.68. The van der Waals surface area contributed by atoms with E-state index in [1.54, 1.807) is 13.8 Å². The Bertz CT molecular complexity index is 179. The number of amides is 1. The Morgan fingerprint density at radius 1 is 1.64 bits per heavy atom. The number of hydrogen-bond acceptors (Lipinski definition) is 4. The monoisotopic (exact) mass is 204 g/mol. The van der Waals surface area contributed by atoms with Crippen molar-refractivity contribution in [3.63, 3.8) is 0 Å². The van der Waals surface area contributed by atoms with E-state index >= 15 is 0 Å². The third-order valence-corrected chi connectivity index (χ3v) is 1.88. The lowest BCUT2D eigenvalue weighted by atomic mass is 10.1. The number of nitrogens with one attached hydrogen (secondary N) is 1. The highest BCUT2D eigenvalue weighted by atomic mass is 16.5. The Labute approximate surface area is 84.6 Å². The van der Waals surface area contributed by atoms with Crippen LogP contribution in [0.5, 0.6) is 0 Å². The molecule has 0 aromatic carbocycles. The molecular formula is C9H20N2O3. The van der Waals surface area contributed by atoms with Gasteiger partial charge < -0.3 is 20.9 Å². The summed E-state index contributed by atoms with van der Waals surface area (Å²) in [5.74, 6) is -0.165. The van der Waals surface area contributed by atoms with Crippen molar-refractivity contribution in [3.8, 4) is 0 Å². The van der Waals surface area contributed by atoms with Crippen molar-refractivity contribution in [3.05, 3.63) is 0 Å². The molecule has 0 spiro atoms. The molecule has 0 bridgehead atoms. The first-order valence-electron chi connectivity index (χ1n) is 4.60. The van der Waals surface area contributed by atoms with E-state index in [4.69, 9.17) is 15.6 Å². The van der Waals surface area contributed by atoms with Gasteiger partial charge in [0.25, 0.3) is 0 Å². The Balaban J connectivity index is 3.97. The normalized spacial score (nSPS) is 13.8. The number of carbonyl (C=O) groups is 1. The Hall–Kier alpha value is -0.650. The van der Waals surface area contributed by atoms with Crippen molar-refractivity contribution < 1.29 is 14.6 Å². The first-order chi connectivity index (χ1) is 6.45. The molecule has 5 nitrogen and oxygen atoms in total. The van der Waals surface area contributed by atoms with Crippen LogP contribution in [0.25, 0.3) is 0 Å². The molecule has 1 amide bonds. The lowest BCUT2D eigenvalue weighted by molar-refractivity contribution is -0.125. The number of ether oxygens (including phenoxy) is 1. The highest BCUT2D eigenvalue weighted by molar-refractivity contribution is 5.77. The maximum absolute atomic E-state index is 11.4. The minimum absolute atomic E-state index is 0.0982. The van der Waals surface area contributed by atoms with Crippen LogP contribution in [0.1, 0.15) is 20.3 Å². The molecule has 1 atom stereocenters. The summed E-state index contributed by atoms with van der Waals surface area (Å²) in [5.41, 5.74) is 4.78. The average Bonchev–Trinajstić information content (AvgIpc) is 2.13. The van der Waals surface area contributed by atoms with E-state index < -0.39 is 5.54 Å². The van der Waals surface area contributed by atoms with E-state index in [1.165, 1.54) is 7.11 Å². The lowest BCUT2D eigenvalue weighted by Crippen LogP contribution is -2.47. The molecule has 0 saturated carbocycles. The van der Waals surface area contributed by atoms with Crippen molar-refractivity contribution in [1.29, 1.82) is 0 Å². The van der Waals surface area contributed by atoms with Gasteiger partial charge in [0.1, 0.15) is 0 Å². The van der Waals surface area contributed by atoms with E-state index in [2.05, 4.69) is 5.32 Å². The molecule has 0 heterocycles. The molecule has 0 aromatic heterocycles. The van der Waals surface area contributed by atoms with E-state index in [-0.39, 0.29) is 25.0 Å². The third-order valence-electron chi connectivity index (χ3n) is 1.88. The summed E-state index contributed by atoms with van der Waals surface area (Å²) in [6.07, 6.45) is -0.0410. The van der Waals surface area contributed by atoms with E-state index in [1.807, 2.05) is 0 Å². The SMILES string of the molecule is COC(CN)CC(=O)NC(C)(C)CO. The van der Waals surface area contributed by atoms with Gasteiger partial charge >= 0.3 is 0 Å². The number of rotatable bonds is 6.